The number of hydrogen-bond donors (Lipinski definition) is 0. The van der Waals surface area contributed by atoms with E-state index in [0.29, 0.717) is 4.47 Å². The first kappa shape index (κ1) is 12.9. The van der Waals surface area contributed by atoms with Gasteiger partial charge in [-0.15, -0.1) is 0 Å². The van der Waals surface area contributed by atoms with Gasteiger partial charge in [-0.05, 0) is 36.7 Å². The average molecular weight is 289 g/mol. The van der Waals surface area contributed by atoms with E-state index in [2.05, 4.69) is 20.9 Å². The van der Waals surface area contributed by atoms with Crippen LogP contribution in [0, 0.1) is 5.41 Å². The summed E-state index contributed by atoms with van der Waals surface area (Å²) in [5.74, 6) is -0.362. The highest BCUT2D eigenvalue weighted by atomic mass is 79.9. The van der Waals surface area contributed by atoms with Crippen LogP contribution in [-0.2, 0) is 16.3 Å². The Bertz CT molecular complexity index is 448. The van der Waals surface area contributed by atoms with Crippen molar-refractivity contribution in [2.75, 3.05) is 0 Å². The summed E-state index contributed by atoms with van der Waals surface area (Å²) < 4.78 is 6.86. The first-order chi connectivity index (χ1) is 7.30. The number of ether oxygens (including phenoxy) is 1. The number of nitrogens with zero attached hydrogens (tertiary/aromatic N) is 2. The molecule has 0 fully saturated rings. The Morgan fingerprint density at radius 3 is 2.75 bits per heavy atom. The van der Waals surface area contributed by atoms with E-state index >= 15 is 0 Å². The molecule has 0 aliphatic carbocycles. The van der Waals surface area contributed by atoms with Crippen LogP contribution in [0.3, 0.4) is 0 Å². The Balaban J connectivity index is 2.72. The standard InChI is InChI=1S/C10H13BrN2O3/c1-10(2,3)8(14)16-6-13-5-7(11)4-12-9(13)15/h4-5H,6H2,1-3H3. The second kappa shape index (κ2) is 4.78. The number of aromatic nitrogens is 2. The molecule has 0 saturated heterocycles. The first-order valence-electron chi connectivity index (χ1n) is 4.70. The fraction of sp³-hybridized carbons (Fsp3) is 0.500. The molecule has 1 heterocycles. The molecule has 6 heteroatoms. The summed E-state index contributed by atoms with van der Waals surface area (Å²) in [6.45, 7) is 5.12. The molecule has 0 atom stereocenters. The molecule has 0 bridgehead atoms. The molecule has 1 aromatic heterocycles. The van der Waals surface area contributed by atoms with Gasteiger partial charge >= 0.3 is 11.7 Å². The Morgan fingerprint density at radius 1 is 1.56 bits per heavy atom. The molecule has 0 N–H and O–H groups in total. The maximum atomic E-state index is 11.5. The predicted octanol–water partition coefficient (Wildman–Crippen LogP) is 1.55. The third-order valence-corrected chi connectivity index (χ3v) is 2.18. The van der Waals surface area contributed by atoms with Crippen LogP contribution in [0.15, 0.2) is 21.7 Å². The molecule has 0 radical (unpaired) electrons. The lowest BCUT2D eigenvalue weighted by Crippen LogP contribution is -2.28. The Kier molecular flexibility index (Phi) is 3.85. The second-order valence-electron chi connectivity index (χ2n) is 4.34. The summed E-state index contributed by atoms with van der Waals surface area (Å²) >= 11 is 3.18. The van der Waals surface area contributed by atoms with Gasteiger partial charge in [0.15, 0.2) is 6.73 Å². The van der Waals surface area contributed by atoms with E-state index in [4.69, 9.17) is 4.74 Å². The summed E-state index contributed by atoms with van der Waals surface area (Å²) in [5.41, 5.74) is -1.03. The van der Waals surface area contributed by atoms with E-state index in [1.807, 2.05) is 0 Å². The predicted molar refractivity (Wildman–Crippen MR) is 61.7 cm³/mol. The van der Waals surface area contributed by atoms with E-state index < -0.39 is 11.1 Å². The fourth-order valence-corrected chi connectivity index (χ4v) is 1.22. The molecule has 0 aliphatic rings. The molecule has 5 nitrogen and oxygen atoms in total. The van der Waals surface area contributed by atoms with Gasteiger partial charge in [-0.3, -0.25) is 9.36 Å². The third kappa shape index (κ3) is 3.44. The van der Waals surface area contributed by atoms with Gasteiger partial charge in [0.05, 0.1) is 9.89 Å². The number of hydrogen-bond acceptors (Lipinski definition) is 4. The number of rotatable bonds is 2. The molecule has 0 unspecified atom stereocenters. The van der Waals surface area contributed by atoms with Crippen LogP contribution >= 0.6 is 15.9 Å². The van der Waals surface area contributed by atoms with Crippen molar-refractivity contribution in [1.29, 1.82) is 0 Å². The molecule has 1 aromatic rings. The highest BCUT2D eigenvalue weighted by Crippen LogP contribution is 2.15. The number of esters is 1. The average Bonchev–Trinajstić information content (AvgIpc) is 2.17. The van der Waals surface area contributed by atoms with Gasteiger partial charge in [-0.25, -0.2) is 9.78 Å². The van der Waals surface area contributed by atoms with Crippen LogP contribution in [0.25, 0.3) is 0 Å². The lowest BCUT2D eigenvalue weighted by atomic mass is 9.98. The van der Waals surface area contributed by atoms with Gasteiger partial charge < -0.3 is 4.74 Å². The van der Waals surface area contributed by atoms with E-state index in [1.165, 1.54) is 17.0 Å². The first-order valence-corrected chi connectivity index (χ1v) is 5.49. The largest absolute Gasteiger partial charge is 0.443 e. The topological polar surface area (TPSA) is 61.2 Å². The summed E-state index contributed by atoms with van der Waals surface area (Å²) in [6.07, 6.45) is 2.91. The van der Waals surface area contributed by atoms with Crippen molar-refractivity contribution in [3.05, 3.63) is 27.4 Å². The maximum absolute atomic E-state index is 11.5. The summed E-state index contributed by atoms with van der Waals surface area (Å²) in [5, 5.41) is 0. The monoisotopic (exact) mass is 288 g/mol. The van der Waals surface area contributed by atoms with Crippen LogP contribution in [-0.4, -0.2) is 15.5 Å². The highest BCUT2D eigenvalue weighted by molar-refractivity contribution is 9.10. The Morgan fingerprint density at radius 2 is 2.19 bits per heavy atom. The third-order valence-electron chi connectivity index (χ3n) is 1.77. The normalized spacial score (nSPS) is 11.2. The molecule has 1 rings (SSSR count). The fourth-order valence-electron chi connectivity index (χ4n) is 0.866. The molecule has 88 valence electrons. The van der Waals surface area contributed by atoms with Gasteiger partial charge in [-0.2, -0.15) is 0 Å². The van der Waals surface area contributed by atoms with Crippen LogP contribution in [0.2, 0.25) is 0 Å². The van der Waals surface area contributed by atoms with E-state index in [1.54, 1.807) is 20.8 Å². The zero-order valence-corrected chi connectivity index (χ0v) is 10.9. The van der Waals surface area contributed by atoms with Crippen LogP contribution in [0.4, 0.5) is 0 Å². The van der Waals surface area contributed by atoms with Crippen molar-refractivity contribution < 1.29 is 9.53 Å². The molecule has 0 saturated carbocycles. The lowest BCUT2D eigenvalue weighted by Gasteiger charge is -2.16. The number of halogens is 1. The van der Waals surface area contributed by atoms with Gasteiger partial charge in [0.2, 0.25) is 0 Å². The van der Waals surface area contributed by atoms with E-state index in [9.17, 15) is 9.59 Å². The molecular weight excluding hydrogens is 276 g/mol. The second-order valence-corrected chi connectivity index (χ2v) is 5.25. The van der Waals surface area contributed by atoms with Crippen molar-refractivity contribution in [3.8, 4) is 0 Å². The van der Waals surface area contributed by atoms with E-state index in [-0.39, 0.29) is 12.7 Å². The van der Waals surface area contributed by atoms with E-state index in [0.717, 1.165) is 0 Å². The van der Waals surface area contributed by atoms with Crippen molar-refractivity contribution in [2.45, 2.75) is 27.5 Å². The molecule has 0 aliphatic heterocycles. The quantitative estimate of drug-likeness (QED) is 0.775. The Labute approximate surface area is 102 Å². The van der Waals surface area contributed by atoms with Crippen molar-refractivity contribution in [3.63, 3.8) is 0 Å². The van der Waals surface area contributed by atoms with Gasteiger partial charge in [-0.1, -0.05) is 0 Å². The number of carbonyl (C=O) groups is 1. The SMILES string of the molecule is CC(C)(C)C(=O)OCn1cc(Br)cnc1=O. The van der Waals surface area contributed by atoms with Gasteiger partial charge in [0, 0.05) is 12.4 Å². The minimum absolute atomic E-state index is 0.124. The Hall–Kier alpha value is -1.17. The summed E-state index contributed by atoms with van der Waals surface area (Å²) in [6, 6.07) is 0. The molecule has 0 amide bonds. The molecule has 0 spiro atoms. The molecular formula is C10H13BrN2O3. The van der Waals surface area contributed by atoms with Gasteiger partial charge in [0.25, 0.3) is 0 Å². The minimum Gasteiger partial charge on any atom is -0.443 e. The minimum atomic E-state index is -0.580. The maximum Gasteiger partial charge on any atom is 0.350 e. The lowest BCUT2D eigenvalue weighted by molar-refractivity contribution is -0.157. The van der Waals surface area contributed by atoms with Crippen molar-refractivity contribution in [2.24, 2.45) is 5.41 Å². The summed E-state index contributed by atoms with van der Waals surface area (Å²) in [7, 11) is 0. The number of carbonyl (C=O) groups excluding carboxylic acids is 1. The zero-order chi connectivity index (χ0) is 12.3. The van der Waals surface area contributed by atoms with Crippen LogP contribution < -0.4 is 5.69 Å². The highest BCUT2D eigenvalue weighted by Gasteiger charge is 2.23. The zero-order valence-electron chi connectivity index (χ0n) is 9.36. The van der Waals surface area contributed by atoms with Crippen LogP contribution in [0.1, 0.15) is 20.8 Å². The summed E-state index contributed by atoms with van der Waals surface area (Å²) in [4.78, 5) is 26.3. The molecule has 0 aromatic carbocycles. The van der Waals surface area contributed by atoms with Crippen molar-refractivity contribution >= 4 is 21.9 Å². The van der Waals surface area contributed by atoms with Crippen LogP contribution in [0.5, 0.6) is 0 Å². The smallest absolute Gasteiger partial charge is 0.350 e. The molecule has 16 heavy (non-hydrogen) atoms. The van der Waals surface area contributed by atoms with Crippen molar-refractivity contribution in [1.82, 2.24) is 9.55 Å². The van der Waals surface area contributed by atoms with Gasteiger partial charge in [0.1, 0.15) is 0 Å².